The molecule has 1 amide bonds. The number of aromatic nitrogens is 1. The molecule has 2 aromatic rings. The second-order valence-corrected chi connectivity index (χ2v) is 12.5. The molecule has 188 valence electrons. The van der Waals surface area contributed by atoms with Crippen LogP contribution < -0.4 is 5.32 Å². The van der Waals surface area contributed by atoms with Gasteiger partial charge in [-0.2, -0.15) is 0 Å². The Morgan fingerprint density at radius 2 is 2.26 bits per heavy atom. The smallest absolute Gasteiger partial charge is 0.226 e. The van der Waals surface area contributed by atoms with Gasteiger partial charge in [0.05, 0.1) is 10.2 Å². The summed E-state index contributed by atoms with van der Waals surface area (Å²) in [5.41, 5.74) is 2.69. The molecular formula is C26H31BrFN3O3S. The third-order valence-corrected chi connectivity index (χ3v) is 10.0. The number of nitrogens with zero attached hydrogens (tertiary/aromatic N) is 2. The van der Waals surface area contributed by atoms with Gasteiger partial charge >= 0.3 is 0 Å². The minimum Gasteiger partial charge on any atom is -0.504 e. The molecule has 9 heteroatoms. The van der Waals surface area contributed by atoms with E-state index >= 15 is 0 Å². The molecule has 1 aromatic heterocycles. The molecule has 0 spiro atoms. The Morgan fingerprint density at radius 1 is 1.46 bits per heavy atom. The van der Waals surface area contributed by atoms with E-state index in [0.29, 0.717) is 45.8 Å². The zero-order valence-corrected chi connectivity index (χ0v) is 22.6. The molecule has 0 radical (unpaired) electrons. The van der Waals surface area contributed by atoms with E-state index in [9.17, 15) is 14.3 Å². The number of hydrogen-bond acceptors (Lipinski definition) is 6. The zero-order valence-electron chi connectivity index (χ0n) is 20.2. The highest BCUT2D eigenvalue weighted by Gasteiger charge is 2.58. The number of carbonyl (C=O) groups is 1. The average Bonchev–Trinajstić information content (AvgIpc) is 3.36. The molecule has 2 N–H and O–H groups in total. The molecule has 0 aliphatic heterocycles. The number of carbonyl (C=O) groups excluding carboxylic acids is 1. The van der Waals surface area contributed by atoms with Crippen molar-refractivity contribution in [3.05, 3.63) is 38.6 Å². The van der Waals surface area contributed by atoms with Gasteiger partial charge in [-0.1, -0.05) is 12.1 Å². The number of hydrogen-bond donors (Lipinski definition) is 2. The fraction of sp³-hybridized carbons (Fsp3) is 0.577. The van der Waals surface area contributed by atoms with Gasteiger partial charge in [-0.25, -0.2) is 9.37 Å². The van der Waals surface area contributed by atoms with E-state index in [1.54, 1.807) is 13.3 Å². The van der Waals surface area contributed by atoms with Crippen LogP contribution in [-0.2, 0) is 16.1 Å². The quantitative estimate of drug-likeness (QED) is 0.403. The van der Waals surface area contributed by atoms with Crippen LogP contribution in [0.15, 0.2) is 21.9 Å². The Morgan fingerprint density at radius 3 is 2.97 bits per heavy atom. The largest absolute Gasteiger partial charge is 0.504 e. The van der Waals surface area contributed by atoms with Gasteiger partial charge in [0.2, 0.25) is 5.91 Å². The molecule has 1 heterocycles. The lowest BCUT2D eigenvalue weighted by Crippen LogP contribution is -2.44. The number of phenolic OH excluding ortho intramolecular Hbond substituents is 1. The maximum absolute atomic E-state index is 14.9. The first-order valence-electron chi connectivity index (χ1n) is 12.3. The fourth-order valence-electron chi connectivity index (χ4n) is 7.15. The standard InChI is InChI=1S/C26H31BrFN3O3S/c1-13-12-29-25(35-13)30-21(32)7-4-14-10-20(31-34-3)26(2)9-8-15-16(22(14)26)5-6-17-18(15)11-19(27)24(33)23(17)28/h11-12,14-16,22,33H,4-10H2,1-3H3,(H,29,30,32)/b31-20+. The molecule has 5 atom stereocenters. The average molecular weight is 565 g/mol. The van der Waals surface area contributed by atoms with Gasteiger partial charge in [-0.15, -0.1) is 11.3 Å². The topological polar surface area (TPSA) is 83.8 Å². The summed E-state index contributed by atoms with van der Waals surface area (Å²) in [4.78, 5) is 23.3. The monoisotopic (exact) mass is 563 g/mol. The minimum atomic E-state index is -0.486. The predicted octanol–water partition coefficient (Wildman–Crippen LogP) is 6.56. The lowest BCUT2D eigenvalue weighted by atomic mass is 9.54. The predicted molar refractivity (Wildman–Crippen MR) is 138 cm³/mol. The lowest BCUT2D eigenvalue weighted by Gasteiger charge is -2.50. The van der Waals surface area contributed by atoms with Crippen LogP contribution in [0.5, 0.6) is 5.75 Å². The van der Waals surface area contributed by atoms with Gasteiger partial charge in [0.15, 0.2) is 16.7 Å². The highest BCUT2D eigenvalue weighted by atomic mass is 79.9. The van der Waals surface area contributed by atoms with E-state index in [1.165, 1.54) is 11.3 Å². The van der Waals surface area contributed by atoms with Crippen LogP contribution in [0.25, 0.3) is 0 Å². The minimum absolute atomic E-state index is 0.0130. The first-order chi connectivity index (χ1) is 16.7. The number of fused-ring (bicyclic) bond motifs is 5. The Hall–Kier alpha value is -2.00. The van der Waals surface area contributed by atoms with Crippen molar-refractivity contribution in [2.75, 3.05) is 12.4 Å². The summed E-state index contributed by atoms with van der Waals surface area (Å²) >= 11 is 4.83. The first kappa shape index (κ1) is 24.7. The molecule has 5 rings (SSSR count). The molecule has 3 aliphatic rings. The van der Waals surface area contributed by atoms with Crippen molar-refractivity contribution in [3.63, 3.8) is 0 Å². The van der Waals surface area contributed by atoms with Crippen LogP contribution in [0, 0.1) is 35.9 Å². The Bertz CT molecular complexity index is 1180. The number of thiazole rings is 1. The van der Waals surface area contributed by atoms with Crippen molar-refractivity contribution >= 4 is 44.0 Å². The number of nitrogens with one attached hydrogen (secondary N) is 1. The highest BCUT2D eigenvalue weighted by Crippen LogP contribution is 2.63. The van der Waals surface area contributed by atoms with Crippen LogP contribution in [0.3, 0.4) is 0 Å². The van der Waals surface area contributed by atoms with Gasteiger partial charge in [0.25, 0.3) is 0 Å². The van der Waals surface area contributed by atoms with Gasteiger partial charge < -0.3 is 15.3 Å². The number of benzene rings is 1. The molecule has 0 bridgehead atoms. The van der Waals surface area contributed by atoms with Gasteiger partial charge in [-0.05, 0) is 102 Å². The van der Waals surface area contributed by atoms with Crippen molar-refractivity contribution in [2.24, 2.45) is 28.3 Å². The number of anilines is 1. The van der Waals surface area contributed by atoms with Crippen molar-refractivity contribution in [3.8, 4) is 5.75 Å². The summed E-state index contributed by atoms with van der Waals surface area (Å²) in [6, 6.07) is 1.92. The number of rotatable bonds is 5. The van der Waals surface area contributed by atoms with Crippen molar-refractivity contribution < 1.29 is 19.1 Å². The van der Waals surface area contributed by atoms with Gasteiger partial charge in [0.1, 0.15) is 7.11 Å². The molecule has 3 aliphatic carbocycles. The van der Waals surface area contributed by atoms with Crippen LogP contribution in [0.1, 0.15) is 67.4 Å². The highest BCUT2D eigenvalue weighted by molar-refractivity contribution is 9.10. The molecule has 0 saturated heterocycles. The lowest BCUT2D eigenvalue weighted by molar-refractivity contribution is -0.116. The Kier molecular flexibility index (Phi) is 6.68. The van der Waals surface area contributed by atoms with Crippen molar-refractivity contribution in [1.29, 1.82) is 0 Å². The van der Waals surface area contributed by atoms with Crippen molar-refractivity contribution in [2.45, 2.75) is 64.7 Å². The van der Waals surface area contributed by atoms with Crippen LogP contribution in [0.2, 0.25) is 0 Å². The second-order valence-electron chi connectivity index (χ2n) is 10.4. The van der Waals surface area contributed by atoms with E-state index in [0.717, 1.165) is 48.3 Å². The summed E-state index contributed by atoms with van der Waals surface area (Å²) in [7, 11) is 1.59. The molecule has 6 nitrogen and oxygen atoms in total. The third kappa shape index (κ3) is 4.28. The number of aromatic hydroxyl groups is 1. The van der Waals surface area contributed by atoms with Crippen molar-refractivity contribution in [1.82, 2.24) is 4.98 Å². The van der Waals surface area contributed by atoms with Crippen LogP contribution in [-0.4, -0.2) is 28.8 Å². The maximum Gasteiger partial charge on any atom is 0.226 e. The van der Waals surface area contributed by atoms with E-state index in [-0.39, 0.29) is 23.0 Å². The Balaban J connectivity index is 1.41. The Labute approximate surface area is 217 Å². The number of aryl methyl sites for hydroxylation is 1. The maximum atomic E-state index is 14.9. The first-order valence-corrected chi connectivity index (χ1v) is 13.9. The van der Waals surface area contributed by atoms with Gasteiger partial charge in [0, 0.05) is 22.9 Å². The second kappa shape index (κ2) is 9.47. The van der Waals surface area contributed by atoms with E-state index in [1.807, 2.05) is 13.0 Å². The fourth-order valence-corrected chi connectivity index (χ4v) is 8.25. The molecule has 2 fully saturated rings. The van der Waals surface area contributed by atoms with Crippen LogP contribution >= 0.6 is 27.3 Å². The molecule has 2 saturated carbocycles. The third-order valence-electron chi connectivity index (χ3n) is 8.58. The summed E-state index contributed by atoms with van der Waals surface area (Å²) < 4.78 is 15.3. The summed E-state index contributed by atoms with van der Waals surface area (Å²) in [5.74, 6) is 0.459. The molecular weight excluding hydrogens is 533 g/mol. The van der Waals surface area contributed by atoms with Crippen LogP contribution in [0.4, 0.5) is 9.52 Å². The summed E-state index contributed by atoms with van der Waals surface area (Å²) in [5, 5.41) is 18.2. The SMILES string of the molecule is CO/N=C1\CC(CCC(=O)Nc2ncc(C)s2)C2C3CCc4c(cc(Br)c(O)c4F)C3CCC12C. The van der Waals surface area contributed by atoms with E-state index in [2.05, 4.69) is 38.3 Å². The normalized spacial score (nSPS) is 30.5. The van der Waals surface area contributed by atoms with E-state index in [4.69, 9.17) is 4.84 Å². The molecule has 35 heavy (non-hydrogen) atoms. The number of amides is 1. The summed E-state index contributed by atoms with van der Waals surface area (Å²) in [6.07, 6.45) is 7.16. The number of oxime groups is 1. The van der Waals surface area contributed by atoms with Gasteiger partial charge in [-0.3, -0.25) is 4.79 Å². The zero-order chi connectivity index (χ0) is 24.9. The number of halogens is 2. The molecule has 1 aromatic carbocycles. The molecule has 5 unspecified atom stereocenters. The number of phenols is 1. The van der Waals surface area contributed by atoms with E-state index < -0.39 is 5.82 Å². The summed E-state index contributed by atoms with van der Waals surface area (Å²) in [6.45, 7) is 4.27.